The molecule has 0 saturated carbocycles. The zero-order valence-corrected chi connectivity index (χ0v) is 15.3. The fourth-order valence-electron chi connectivity index (χ4n) is 3.44. The quantitative estimate of drug-likeness (QED) is 0.712. The van der Waals surface area contributed by atoms with Gasteiger partial charge in [-0.3, -0.25) is 4.79 Å². The fraction of sp³-hybridized carbons (Fsp3) is 0.238. The lowest BCUT2D eigenvalue weighted by molar-refractivity contribution is -0.139. The van der Waals surface area contributed by atoms with Crippen LogP contribution in [-0.2, 0) is 4.79 Å². The minimum absolute atomic E-state index is 0.00870. The number of rotatable bonds is 5. The molecule has 0 aliphatic carbocycles. The number of hydrogen-bond acceptors (Lipinski definition) is 4. The van der Waals surface area contributed by atoms with Crippen LogP contribution in [0.4, 0.5) is 5.69 Å². The number of fused-ring (bicyclic) bond motifs is 1. The van der Waals surface area contributed by atoms with Gasteiger partial charge in [-0.05, 0) is 24.3 Å². The van der Waals surface area contributed by atoms with E-state index in [0.29, 0.717) is 37.6 Å². The van der Waals surface area contributed by atoms with Crippen LogP contribution in [0.15, 0.2) is 54.6 Å². The summed E-state index contributed by atoms with van der Waals surface area (Å²) in [6.45, 7) is 2.28. The third-order valence-electron chi connectivity index (χ3n) is 4.87. The second-order valence-corrected chi connectivity index (χ2v) is 6.73. The van der Waals surface area contributed by atoms with Crippen LogP contribution in [0, 0.1) is 0 Å². The van der Waals surface area contributed by atoms with Crippen LogP contribution in [0.3, 0.4) is 0 Å². The molecule has 1 aliphatic heterocycles. The topological polar surface area (TPSA) is 85.9 Å². The van der Waals surface area contributed by atoms with Gasteiger partial charge >= 0.3 is 5.97 Å². The molecule has 0 radical (unpaired) electrons. The van der Waals surface area contributed by atoms with Crippen molar-refractivity contribution in [3.8, 4) is 5.75 Å². The molecular weight excluding hydrogens is 358 g/mol. The van der Waals surface area contributed by atoms with Crippen molar-refractivity contribution in [3.63, 3.8) is 0 Å². The second-order valence-electron chi connectivity index (χ2n) is 6.73. The van der Waals surface area contributed by atoms with Crippen LogP contribution in [0.1, 0.15) is 10.5 Å². The van der Waals surface area contributed by atoms with Gasteiger partial charge in [0.25, 0.3) is 5.91 Å². The molecule has 7 heteroatoms. The Morgan fingerprint density at radius 2 is 1.79 bits per heavy atom. The van der Waals surface area contributed by atoms with Crippen molar-refractivity contribution in [2.24, 2.45) is 0 Å². The van der Waals surface area contributed by atoms with Crippen molar-refractivity contribution in [3.05, 3.63) is 60.3 Å². The molecule has 7 nitrogen and oxygen atoms in total. The molecule has 144 valence electrons. The Balaban J connectivity index is 1.39. The van der Waals surface area contributed by atoms with Crippen molar-refractivity contribution in [2.75, 3.05) is 37.7 Å². The van der Waals surface area contributed by atoms with E-state index in [9.17, 15) is 9.59 Å². The van der Waals surface area contributed by atoms with Gasteiger partial charge in [0.05, 0.1) is 0 Å². The number of nitrogens with one attached hydrogen (secondary N) is 1. The maximum absolute atomic E-state index is 12.8. The number of carboxylic acid groups (broad SMARTS) is 1. The molecular formula is C21H21N3O4. The average Bonchev–Trinajstić information content (AvgIpc) is 3.16. The standard InChI is InChI=1S/C21H21N3O4/c25-20(26)14-28-17-6-3-5-16(13-17)23-8-10-24(11-9-23)21(27)19-12-15-4-1-2-7-18(15)22-19/h1-7,12-13,22H,8-11,14H2,(H,25,26). The van der Waals surface area contributed by atoms with Gasteiger partial charge in [-0.25, -0.2) is 4.79 Å². The predicted octanol–water partition coefficient (Wildman–Crippen LogP) is 2.59. The van der Waals surface area contributed by atoms with E-state index in [1.54, 1.807) is 6.07 Å². The summed E-state index contributed by atoms with van der Waals surface area (Å²) in [6.07, 6.45) is 0. The molecule has 2 heterocycles. The highest BCUT2D eigenvalue weighted by Gasteiger charge is 2.23. The molecule has 1 amide bonds. The Kier molecular flexibility index (Phi) is 4.89. The van der Waals surface area contributed by atoms with Gasteiger partial charge in [-0.2, -0.15) is 0 Å². The van der Waals surface area contributed by atoms with Gasteiger partial charge < -0.3 is 24.6 Å². The lowest BCUT2D eigenvalue weighted by Gasteiger charge is -2.36. The number of H-pyrrole nitrogens is 1. The lowest BCUT2D eigenvalue weighted by atomic mass is 10.2. The predicted molar refractivity (Wildman–Crippen MR) is 106 cm³/mol. The number of carbonyl (C=O) groups excluding carboxylic acids is 1. The minimum atomic E-state index is -1.01. The first-order valence-corrected chi connectivity index (χ1v) is 9.17. The number of aromatic amines is 1. The summed E-state index contributed by atoms with van der Waals surface area (Å²) in [7, 11) is 0. The van der Waals surface area contributed by atoms with E-state index in [2.05, 4.69) is 9.88 Å². The Morgan fingerprint density at radius 3 is 2.54 bits per heavy atom. The SMILES string of the molecule is O=C(O)COc1cccc(N2CCN(C(=O)c3cc4ccccc4[nH]3)CC2)c1. The summed E-state index contributed by atoms with van der Waals surface area (Å²) in [6, 6.07) is 17.1. The number of benzene rings is 2. The van der Waals surface area contributed by atoms with Crippen molar-refractivity contribution in [1.82, 2.24) is 9.88 Å². The summed E-state index contributed by atoms with van der Waals surface area (Å²) in [4.78, 5) is 30.7. The number of ether oxygens (including phenoxy) is 1. The maximum atomic E-state index is 12.8. The van der Waals surface area contributed by atoms with Crippen LogP contribution >= 0.6 is 0 Å². The molecule has 2 aromatic carbocycles. The monoisotopic (exact) mass is 379 g/mol. The normalized spacial score (nSPS) is 14.3. The first-order chi connectivity index (χ1) is 13.6. The molecule has 0 spiro atoms. The van der Waals surface area contributed by atoms with Gasteiger partial charge in [0.15, 0.2) is 6.61 Å². The smallest absolute Gasteiger partial charge is 0.341 e. The molecule has 3 aromatic rings. The van der Waals surface area contributed by atoms with Gasteiger partial charge in [-0.1, -0.05) is 24.3 Å². The zero-order chi connectivity index (χ0) is 19.5. The van der Waals surface area contributed by atoms with Gasteiger partial charge in [0, 0.05) is 48.8 Å². The largest absolute Gasteiger partial charge is 0.482 e. The summed E-state index contributed by atoms with van der Waals surface area (Å²) in [5.41, 5.74) is 2.53. The van der Waals surface area contributed by atoms with Crippen molar-refractivity contribution >= 4 is 28.5 Å². The van der Waals surface area contributed by atoms with Crippen molar-refractivity contribution < 1.29 is 19.4 Å². The first-order valence-electron chi connectivity index (χ1n) is 9.17. The Morgan fingerprint density at radius 1 is 1.00 bits per heavy atom. The number of amides is 1. The van der Waals surface area contributed by atoms with E-state index in [-0.39, 0.29) is 12.5 Å². The van der Waals surface area contributed by atoms with E-state index in [1.165, 1.54) is 0 Å². The molecule has 4 rings (SSSR count). The number of hydrogen-bond donors (Lipinski definition) is 2. The van der Waals surface area contributed by atoms with Crippen molar-refractivity contribution in [1.29, 1.82) is 0 Å². The highest BCUT2D eigenvalue weighted by molar-refractivity contribution is 5.98. The summed E-state index contributed by atoms with van der Waals surface area (Å²) in [5.74, 6) is -0.472. The highest BCUT2D eigenvalue weighted by Crippen LogP contribution is 2.23. The van der Waals surface area contributed by atoms with Crippen LogP contribution < -0.4 is 9.64 Å². The minimum Gasteiger partial charge on any atom is -0.482 e. The molecule has 1 saturated heterocycles. The van der Waals surface area contributed by atoms with E-state index in [0.717, 1.165) is 16.6 Å². The van der Waals surface area contributed by atoms with E-state index in [4.69, 9.17) is 9.84 Å². The first kappa shape index (κ1) is 17.9. The van der Waals surface area contributed by atoms with Crippen molar-refractivity contribution in [2.45, 2.75) is 0 Å². The fourth-order valence-corrected chi connectivity index (χ4v) is 3.44. The number of para-hydroxylation sites is 1. The molecule has 1 aromatic heterocycles. The van der Waals surface area contributed by atoms with E-state index >= 15 is 0 Å². The summed E-state index contributed by atoms with van der Waals surface area (Å²) < 4.78 is 5.25. The van der Waals surface area contributed by atoms with Gasteiger partial charge in [0.2, 0.25) is 0 Å². The molecule has 0 unspecified atom stereocenters. The molecule has 2 N–H and O–H groups in total. The average molecular weight is 379 g/mol. The number of anilines is 1. The summed E-state index contributed by atoms with van der Waals surface area (Å²) >= 11 is 0. The van der Waals surface area contributed by atoms with Crippen LogP contribution in [0.25, 0.3) is 10.9 Å². The van der Waals surface area contributed by atoms with E-state index in [1.807, 2.05) is 53.4 Å². The molecule has 1 aliphatic rings. The Labute approximate surface area is 162 Å². The van der Waals surface area contributed by atoms with E-state index < -0.39 is 5.97 Å². The van der Waals surface area contributed by atoms with Crippen LogP contribution in [-0.4, -0.2) is 59.7 Å². The third kappa shape index (κ3) is 3.78. The summed E-state index contributed by atoms with van der Waals surface area (Å²) in [5, 5.41) is 9.77. The number of carbonyl (C=O) groups is 2. The van der Waals surface area contributed by atoms with Crippen LogP contribution in [0.2, 0.25) is 0 Å². The highest BCUT2D eigenvalue weighted by atomic mass is 16.5. The number of nitrogens with zero attached hydrogens (tertiary/aromatic N) is 2. The van der Waals surface area contributed by atoms with Gasteiger partial charge in [-0.15, -0.1) is 0 Å². The molecule has 28 heavy (non-hydrogen) atoms. The van der Waals surface area contributed by atoms with Crippen LogP contribution in [0.5, 0.6) is 5.75 Å². The Hall–Kier alpha value is -3.48. The third-order valence-corrected chi connectivity index (χ3v) is 4.87. The van der Waals surface area contributed by atoms with Gasteiger partial charge in [0.1, 0.15) is 11.4 Å². The number of aromatic nitrogens is 1. The molecule has 1 fully saturated rings. The second kappa shape index (κ2) is 7.64. The Bertz CT molecular complexity index is 973. The number of piperazine rings is 1. The molecule has 0 atom stereocenters. The maximum Gasteiger partial charge on any atom is 0.341 e. The number of aliphatic carboxylic acids is 1. The molecule has 0 bridgehead atoms. The lowest BCUT2D eigenvalue weighted by Crippen LogP contribution is -2.48. The zero-order valence-electron chi connectivity index (χ0n) is 15.3. The number of carboxylic acids is 1.